The summed E-state index contributed by atoms with van der Waals surface area (Å²) in [4.78, 5) is 31.1. The normalized spacial score (nSPS) is 12.0. The molecular weight excluding hydrogens is 643 g/mol. The van der Waals surface area contributed by atoms with Gasteiger partial charge in [0.05, 0.1) is 17.2 Å². The van der Waals surface area contributed by atoms with Crippen molar-refractivity contribution in [1.29, 1.82) is 0 Å². The van der Waals surface area contributed by atoms with E-state index in [-0.39, 0.29) is 35.4 Å². The Morgan fingerprint density at radius 1 is 0.854 bits per heavy atom. The van der Waals surface area contributed by atoms with Gasteiger partial charge in [-0.25, -0.2) is 8.42 Å². The number of rotatable bonds is 16. The van der Waals surface area contributed by atoms with Crippen molar-refractivity contribution in [2.24, 2.45) is 5.92 Å². The smallest absolute Gasteiger partial charge is 0.264 e. The van der Waals surface area contributed by atoms with Crippen LogP contribution in [0.2, 0.25) is 0 Å². The van der Waals surface area contributed by atoms with E-state index in [2.05, 4.69) is 5.32 Å². The van der Waals surface area contributed by atoms with E-state index in [1.165, 1.54) is 16.7 Å². The van der Waals surface area contributed by atoms with Gasteiger partial charge in [0.25, 0.3) is 10.0 Å². The maximum atomic E-state index is 14.7. The van der Waals surface area contributed by atoms with Crippen LogP contribution in [0, 0.1) is 12.8 Å². The van der Waals surface area contributed by atoms with E-state index in [1.807, 2.05) is 88.5 Å². The van der Waals surface area contributed by atoms with E-state index in [4.69, 9.17) is 4.74 Å². The molecule has 4 rings (SSSR count). The molecule has 0 spiro atoms. The minimum absolute atomic E-state index is 0.0417. The maximum Gasteiger partial charge on any atom is 0.264 e. The lowest BCUT2D eigenvalue weighted by Gasteiger charge is -2.34. The SMILES string of the molecule is CCOc1ccccc1N(CC(=O)N(Cc1ccc(C)cc1)[C@H](Cc1ccccc1)C(=O)NCC(C)C)S(=O)(=O)c1ccc(SC)cc1. The van der Waals surface area contributed by atoms with Gasteiger partial charge in [-0.3, -0.25) is 13.9 Å². The Labute approximate surface area is 289 Å². The summed E-state index contributed by atoms with van der Waals surface area (Å²) in [5.41, 5.74) is 3.00. The number of anilines is 1. The highest BCUT2D eigenvalue weighted by Crippen LogP contribution is 2.33. The molecule has 0 aliphatic heterocycles. The summed E-state index contributed by atoms with van der Waals surface area (Å²) in [5, 5.41) is 3.02. The third-order valence-electron chi connectivity index (χ3n) is 7.79. The number of carbonyl (C=O) groups is 2. The van der Waals surface area contributed by atoms with E-state index in [0.717, 1.165) is 25.9 Å². The first-order chi connectivity index (χ1) is 23.0. The zero-order valence-corrected chi connectivity index (χ0v) is 29.9. The first-order valence-electron chi connectivity index (χ1n) is 16.1. The first-order valence-corrected chi connectivity index (χ1v) is 18.7. The summed E-state index contributed by atoms with van der Waals surface area (Å²) in [6.45, 7) is 8.10. The number of hydrogen-bond donors (Lipinski definition) is 1. The second-order valence-corrected chi connectivity index (χ2v) is 14.7. The van der Waals surface area contributed by atoms with Crippen LogP contribution in [-0.4, -0.2) is 57.1 Å². The number of hydrogen-bond acceptors (Lipinski definition) is 6. The van der Waals surface area contributed by atoms with Crippen molar-refractivity contribution < 1.29 is 22.7 Å². The number of nitrogens with zero attached hydrogens (tertiary/aromatic N) is 2. The molecule has 8 nitrogen and oxygen atoms in total. The minimum Gasteiger partial charge on any atom is -0.492 e. The Morgan fingerprint density at radius 2 is 1.50 bits per heavy atom. The lowest BCUT2D eigenvalue weighted by molar-refractivity contribution is -0.140. The fourth-order valence-corrected chi connectivity index (χ4v) is 7.03. The molecule has 0 saturated carbocycles. The molecule has 0 heterocycles. The highest BCUT2D eigenvalue weighted by atomic mass is 32.2. The van der Waals surface area contributed by atoms with Gasteiger partial charge < -0.3 is 15.0 Å². The average Bonchev–Trinajstić information content (AvgIpc) is 3.09. The molecular formula is C38H45N3O5S2. The van der Waals surface area contributed by atoms with E-state index < -0.39 is 28.5 Å². The predicted molar refractivity (Wildman–Crippen MR) is 194 cm³/mol. The van der Waals surface area contributed by atoms with Crippen LogP contribution >= 0.6 is 11.8 Å². The molecule has 2 amide bonds. The summed E-state index contributed by atoms with van der Waals surface area (Å²) >= 11 is 1.50. The summed E-state index contributed by atoms with van der Waals surface area (Å²) in [6.07, 6.45) is 2.17. The third kappa shape index (κ3) is 9.64. The van der Waals surface area contributed by atoms with Gasteiger partial charge in [0.15, 0.2) is 0 Å². The third-order valence-corrected chi connectivity index (χ3v) is 10.3. The molecule has 0 saturated heterocycles. The highest BCUT2D eigenvalue weighted by Gasteiger charge is 2.35. The molecule has 0 aliphatic carbocycles. The molecule has 254 valence electrons. The lowest BCUT2D eigenvalue weighted by atomic mass is 10.0. The quantitative estimate of drug-likeness (QED) is 0.131. The number of nitrogens with one attached hydrogen (secondary N) is 1. The topological polar surface area (TPSA) is 96.0 Å². The second-order valence-electron chi connectivity index (χ2n) is 11.9. The van der Waals surface area contributed by atoms with Gasteiger partial charge in [0.2, 0.25) is 11.8 Å². The van der Waals surface area contributed by atoms with Gasteiger partial charge in [-0.15, -0.1) is 11.8 Å². The van der Waals surface area contributed by atoms with E-state index in [0.29, 0.717) is 18.9 Å². The molecule has 0 aliphatic rings. The number of sulfonamides is 1. The Morgan fingerprint density at radius 3 is 2.12 bits per heavy atom. The summed E-state index contributed by atoms with van der Waals surface area (Å²) in [7, 11) is -4.26. The standard InChI is InChI=1S/C38H45N3O5S2/c1-6-46-36-15-11-10-14-34(36)41(48(44,45)33-22-20-32(47-5)21-23-33)27-37(42)40(26-31-18-16-29(4)17-19-31)35(38(43)39-25-28(2)3)24-30-12-8-7-9-13-30/h7-23,28,35H,6,24-27H2,1-5H3,(H,39,43)/t35-/m1/s1. The number of benzene rings is 4. The van der Waals surface area contributed by atoms with Gasteiger partial charge in [-0.05, 0) is 73.5 Å². The molecule has 0 bridgehead atoms. The molecule has 10 heteroatoms. The highest BCUT2D eigenvalue weighted by molar-refractivity contribution is 7.98. The molecule has 48 heavy (non-hydrogen) atoms. The maximum absolute atomic E-state index is 14.7. The van der Waals surface area contributed by atoms with Crippen LogP contribution in [0.15, 0.2) is 113 Å². The average molecular weight is 688 g/mol. The van der Waals surface area contributed by atoms with E-state index in [1.54, 1.807) is 48.5 Å². The summed E-state index contributed by atoms with van der Waals surface area (Å²) in [5.74, 6) is -0.296. The molecule has 4 aromatic carbocycles. The van der Waals surface area contributed by atoms with Crippen molar-refractivity contribution in [1.82, 2.24) is 10.2 Å². The number of thioether (sulfide) groups is 1. The largest absolute Gasteiger partial charge is 0.492 e. The van der Waals surface area contributed by atoms with E-state index >= 15 is 0 Å². The van der Waals surface area contributed by atoms with Crippen molar-refractivity contribution in [3.63, 3.8) is 0 Å². The van der Waals surface area contributed by atoms with Gasteiger partial charge in [0, 0.05) is 24.4 Å². The number of para-hydroxylation sites is 2. The molecule has 4 aromatic rings. The Bertz CT molecular complexity index is 1750. The number of ether oxygens (including phenoxy) is 1. The van der Waals surface area contributed by atoms with Crippen molar-refractivity contribution >= 4 is 39.3 Å². The van der Waals surface area contributed by atoms with Gasteiger partial charge >= 0.3 is 0 Å². The van der Waals surface area contributed by atoms with Crippen LogP contribution in [0.1, 0.15) is 37.5 Å². The zero-order valence-electron chi connectivity index (χ0n) is 28.3. The lowest BCUT2D eigenvalue weighted by Crippen LogP contribution is -2.53. The van der Waals surface area contributed by atoms with Gasteiger partial charge in [0.1, 0.15) is 18.3 Å². The Hall–Kier alpha value is -4.28. The van der Waals surface area contributed by atoms with Gasteiger partial charge in [-0.2, -0.15) is 0 Å². The molecule has 0 unspecified atom stereocenters. The van der Waals surface area contributed by atoms with Crippen molar-refractivity contribution in [2.45, 2.75) is 56.5 Å². The van der Waals surface area contributed by atoms with Crippen LogP contribution in [0.4, 0.5) is 5.69 Å². The summed E-state index contributed by atoms with van der Waals surface area (Å²) in [6, 6.07) is 29.7. The number of carbonyl (C=O) groups excluding carboxylic acids is 2. The van der Waals surface area contributed by atoms with E-state index in [9.17, 15) is 18.0 Å². The Balaban J connectivity index is 1.83. The molecule has 0 fully saturated rings. The Kier molecular flexibility index (Phi) is 13.1. The van der Waals surface area contributed by atoms with Gasteiger partial charge in [-0.1, -0.05) is 86.1 Å². The molecule has 1 atom stereocenters. The predicted octanol–water partition coefficient (Wildman–Crippen LogP) is 6.72. The van der Waals surface area contributed by atoms with Crippen LogP contribution in [-0.2, 0) is 32.6 Å². The molecule has 0 aromatic heterocycles. The number of aryl methyl sites for hydroxylation is 1. The zero-order chi connectivity index (χ0) is 34.7. The minimum atomic E-state index is -4.26. The monoisotopic (exact) mass is 687 g/mol. The van der Waals surface area contributed by atoms with Crippen molar-refractivity contribution in [2.75, 3.05) is 30.3 Å². The molecule has 1 N–H and O–H groups in total. The van der Waals surface area contributed by atoms with Crippen molar-refractivity contribution in [3.8, 4) is 5.75 Å². The first kappa shape index (κ1) is 36.6. The summed E-state index contributed by atoms with van der Waals surface area (Å²) < 4.78 is 35.8. The second kappa shape index (κ2) is 17.2. The van der Waals surface area contributed by atoms with Crippen LogP contribution in [0.25, 0.3) is 0 Å². The fourth-order valence-electron chi connectivity index (χ4n) is 5.20. The number of amides is 2. The molecule has 0 radical (unpaired) electrons. The van der Waals surface area contributed by atoms with Crippen LogP contribution < -0.4 is 14.4 Å². The fraction of sp³-hybridized carbons (Fsp3) is 0.316. The van der Waals surface area contributed by atoms with Crippen LogP contribution in [0.3, 0.4) is 0 Å². The van der Waals surface area contributed by atoms with Crippen LogP contribution in [0.5, 0.6) is 5.75 Å². The van der Waals surface area contributed by atoms with Crippen molar-refractivity contribution in [3.05, 3.63) is 120 Å².